The lowest BCUT2D eigenvalue weighted by molar-refractivity contribution is -0.142. The summed E-state index contributed by atoms with van der Waals surface area (Å²) < 4.78 is 5.49. The zero-order valence-corrected chi connectivity index (χ0v) is 11.5. The average molecular weight is 287 g/mol. The molecule has 1 aliphatic carbocycles. The molecule has 0 radical (unpaired) electrons. The highest BCUT2D eigenvalue weighted by Crippen LogP contribution is 2.31. The van der Waals surface area contributed by atoms with E-state index in [0.29, 0.717) is 18.5 Å². The van der Waals surface area contributed by atoms with Crippen molar-refractivity contribution in [1.82, 2.24) is 5.32 Å². The van der Waals surface area contributed by atoms with Crippen molar-refractivity contribution < 1.29 is 19.1 Å². The summed E-state index contributed by atoms with van der Waals surface area (Å²) in [5.41, 5.74) is 0.673. The highest BCUT2D eigenvalue weighted by molar-refractivity contribution is 5.96. The van der Waals surface area contributed by atoms with Gasteiger partial charge in [-0.3, -0.25) is 9.59 Å². The second-order valence-electron chi connectivity index (χ2n) is 5.49. The van der Waals surface area contributed by atoms with E-state index in [2.05, 4.69) is 5.32 Å². The van der Waals surface area contributed by atoms with Crippen molar-refractivity contribution in [1.29, 1.82) is 0 Å². The number of amides is 1. The van der Waals surface area contributed by atoms with E-state index in [1.165, 1.54) is 0 Å². The number of carboxylic acid groups (broad SMARTS) is 1. The van der Waals surface area contributed by atoms with Crippen LogP contribution in [-0.2, 0) is 4.79 Å². The quantitative estimate of drug-likeness (QED) is 0.906. The lowest BCUT2D eigenvalue weighted by Crippen LogP contribution is -2.32. The Morgan fingerprint density at radius 3 is 2.86 bits per heavy atom. The number of carbonyl (C=O) groups excluding carboxylic acids is 1. The van der Waals surface area contributed by atoms with Crippen molar-refractivity contribution >= 4 is 22.8 Å². The number of rotatable bonds is 4. The largest absolute Gasteiger partial charge is 0.481 e. The normalized spacial score (nSPS) is 21.5. The molecule has 5 nitrogen and oxygen atoms in total. The third kappa shape index (κ3) is 2.77. The first kappa shape index (κ1) is 13.7. The van der Waals surface area contributed by atoms with E-state index < -0.39 is 5.97 Å². The lowest BCUT2D eigenvalue weighted by Gasteiger charge is -2.15. The van der Waals surface area contributed by atoms with Gasteiger partial charge in [-0.25, -0.2) is 0 Å². The van der Waals surface area contributed by atoms with Crippen LogP contribution in [0.1, 0.15) is 29.8 Å². The third-order valence-corrected chi connectivity index (χ3v) is 4.15. The monoisotopic (exact) mass is 287 g/mol. The molecule has 2 N–H and O–H groups in total. The van der Waals surface area contributed by atoms with Gasteiger partial charge >= 0.3 is 5.97 Å². The van der Waals surface area contributed by atoms with E-state index in [1.807, 2.05) is 24.3 Å². The van der Waals surface area contributed by atoms with Crippen LogP contribution in [-0.4, -0.2) is 23.5 Å². The van der Waals surface area contributed by atoms with E-state index in [0.717, 1.165) is 18.2 Å². The van der Waals surface area contributed by atoms with Crippen LogP contribution in [0.3, 0.4) is 0 Å². The number of hydrogen-bond acceptors (Lipinski definition) is 3. The molecule has 1 aromatic carbocycles. The van der Waals surface area contributed by atoms with E-state index >= 15 is 0 Å². The Morgan fingerprint density at radius 2 is 2.10 bits per heavy atom. The van der Waals surface area contributed by atoms with Crippen molar-refractivity contribution in [2.24, 2.45) is 11.8 Å². The Hall–Kier alpha value is -2.30. The molecule has 0 aliphatic heterocycles. The smallest absolute Gasteiger partial charge is 0.306 e. The molecule has 0 saturated heterocycles. The minimum atomic E-state index is -0.768. The van der Waals surface area contributed by atoms with Gasteiger partial charge in [-0.15, -0.1) is 0 Å². The summed E-state index contributed by atoms with van der Waals surface area (Å²) in [7, 11) is 0. The molecule has 2 atom stereocenters. The second kappa shape index (κ2) is 5.60. The summed E-state index contributed by atoms with van der Waals surface area (Å²) in [4.78, 5) is 23.2. The molecule has 3 rings (SSSR count). The number of furan rings is 1. The van der Waals surface area contributed by atoms with Crippen molar-refractivity contribution in [2.75, 3.05) is 6.54 Å². The minimum Gasteiger partial charge on any atom is -0.481 e. The van der Waals surface area contributed by atoms with Crippen molar-refractivity contribution in [3.8, 4) is 0 Å². The molecule has 0 bridgehead atoms. The number of carbonyl (C=O) groups is 2. The number of carboxylic acids is 1. The van der Waals surface area contributed by atoms with Crippen LogP contribution in [0, 0.1) is 11.8 Å². The average Bonchev–Trinajstić information content (AvgIpc) is 3.10. The van der Waals surface area contributed by atoms with E-state index in [9.17, 15) is 9.59 Å². The SMILES string of the molecule is O=C(NCC1CCCC1C(=O)O)c1cc2ccccc2o1. The first-order valence-electron chi connectivity index (χ1n) is 7.15. The number of para-hydroxylation sites is 1. The van der Waals surface area contributed by atoms with Gasteiger partial charge in [-0.2, -0.15) is 0 Å². The highest BCUT2D eigenvalue weighted by atomic mass is 16.4. The molecule has 1 aromatic heterocycles. The van der Waals surface area contributed by atoms with E-state index in [-0.39, 0.29) is 23.5 Å². The van der Waals surface area contributed by atoms with Crippen LogP contribution < -0.4 is 5.32 Å². The van der Waals surface area contributed by atoms with E-state index in [1.54, 1.807) is 6.07 Å². The fraction of sp³-hybridized carbons (Fsp3) is 0.375. The highest BCUT2D eigenvalue weighted by Gasteiger charge is 2.33. The molecule has 110 valence electrons. The van der Waals surface area contributed by atoms with Gasteiger partial charge in [0.1, 0.15) is 5.58 Å². The molecule has 1 amide bonds. The fourth-order valence-corrected chi connectivity index (χ4v) is 3.01. The number of benzene rings is 1. The molecular weight excluding hydrogens is 270 g/mol. The topological polar surface area (TPSA) is 79.5 Å². The summed E-state index contributed by atoms with van der Waals surface area (Å²) in [5, 5.41) is 12.8. The summed E-state index contributed by atoms with van der Waals surface area (Å²) >= 11 is 0. The predicted molar refractivity (Wildman–Crippen MR) is 77.0 cm³/mol. The summed E-state index contributed by atoms with van der Waals surface area (Å²) in [5.74, 6) is -1.13. The molecule has 5 heteroatoms. The Bertz CT molecular complexity index is 643. The van der Waals surface area contributed by atoms with Crippen LogP contribution in [0.15, 0.2) is 34.7 Å². The number of hydrogen-bond donors (Lipinski definition) is 2. The van der Waals surface area contributed by atoms with Gasteiger partial charge in [-0.1, -0.05) is 24.6 Å². The van der Waals surface area contributed by atoms with Gasteiger partial charge in [-0.05, 0) is 30.9 Å². The molecule has 1 heterocycles. The number of fused-ring (bicyclic) bond motifs is 1. The predicted octanol–water partition coefficient (Wildman–Crippen LogP) is 2.66. The van der Waals surface area contributed by atoms with E-state index in [4.69, 9.17) is 9.52 Å². The first-order chi connectivity index (χ1) is 10.1. The Morgan fingerprint density at radius 1 is 1.29 bits per heavy atom. The van der Waals surface area contributed by atoms with Crippen LogP contribution in [0.5, 0.6) is 0 Å². The molecule has 1 fully saturated rings. The maximum absolute atomic E-state index is 12.1. The summed E-state index contributed by atoms with van der Waals surface area (Å²) in [6.07, 6.45) is 2.44. The maximum atomic E-state index is 12.1. The number of aliphatic carboxylic acids is 1. The summed E-state index contributed by atoms with van der Waals surface area (Å²) in [6, 6.07) is 9.13. The van der Waals surface area contributed by atoms with Gasteiger partial charge in [0.2, 0.25) is 0 Å². The van der Waals surface area contributed by atoms with Crippen LogP contribution in [0.2, 0.25) is 0 Å². The molecule has 0 spiro atoms. The molecule has 1 aliphatic rings. The fourth-order valence-electron chi connectivity index (χ4n) is 3.01. The van der Waals surface area contributed by atoms with Gasteiger partial charge < -0.3 is 14.8 Å². The van der Waals surface area contributed by atoms with Gasteiger partial charge in [0.15, 0.2) is 5.76 Å². The molecule has 21 heavy (non-hydrogen) atoms. The lowest BCUT2D eigenvalue weighted by atomic mass is 9.96. The number of nitrogens with one attached hydrogen (secondary N) is 1. The standard InChI is InChI=1S/C16H17NO4/c18-15(14-8-10-4-1-2-7-13(10)21-14)17-9-11-5-3-6-12(11)16(19)20/h1-2,4,7-8,11-12H,3,5-6,9H2,(H,17,18)(H,19,20). The van der Waals surface area contributed by atoms with Crippen molar-refractivity contribution in [2.45, 2.75) is 19.3 Å². The molecule has 1 saturated carbocycles. The Balaban J connectivity index is 1.65. The third-order valence-electron chi connectivity index (χ3n) is 4.15. The maximum Gasteiger partial charge on any atom is 0.306 e. The Labute approximate surface area is 121 Å². The van der Waals surface area contributed by atoms with Crippen molar-refractivity contribution in [3.63, 3.8) is 0 Å². The first-order valence-corrected chi connectivity index (χ1v) is 7.15. The Kier molecular flexibility index (Phi) is 3.64. The molecule has 2 aromatic rings. The molecular formula is C16H17NO4. The van der Waals surface area contributed by atoms with Crippen molar-refractivity contribution in [3.05, 3.63) is 36.1 Å². The zero-order chi connectivity index (χ0) is 14.8. The van der Waals surface area contributed by atoms with Gasteiger partial charge in [0, 0.05) is 11.9 Å². The molecule has 2 unspecified atom stereocenters. The van der Waals surface area contributed by atoms with Crippen LogP contribution in [0.4, 0.5) is 0 Å². The summed E-state index contributed by atoms with van der Waals surface area (Å²) in [6.45, 7) is 0.382. The van der Waals surface area contributed by atoms with Gasteiger partial charge in [0.05, 0.1) is 5.92 Å². The minimum absolute atomic E-state index is 0.0100. The second-order valence-corrected chi connectivity index (χ2v) is 5.49. The van der Waals surface area contributed by atoms with Gasteiger partial charge in [0.25, 0.3) is 5.91 Å². The zero-order valence-electron chi connectivity index (χ0n) is 11.5. The van der Waals surface area contributed by atoms with Crippen LogP contribution >= 0.6 is 0 Å². The van der Waals surface area contributed by atoms with Crippen LogP contribution in [0.25, 0.3) is 11.0 Å².